The van der Waals surface area contributed by atoms with Crippen molar-refractivity contribution in [3.05, 3.63) is 114 Å². The van der Waals surface area contributed by atoms with Gasteiger partial charge in [-0.15, -0.1) is 0 Å². The molecule has 0 aliphatic carbocycles. The van der Waals surface area contributed by atoms with Crippen molar-refractivity contribution < 1.29 is 43.2 Å². The van der Waals surface area contributed by atoms with Crippen LogP contribution in [0.15, 0.2) is 97.1 Å². The molecular formula is C38H43NO9. The number of rotatable bonds is 9. The van der Waals surface area contributed by atoms with E-state index in [-0.39, 0.29) is 0 Å². The topological polar surface area (TPSA) is 130 Å². The Morgan fingerprint density at radius 2 is 1.38 bits per heavy atom. The van der Waals surface area contributed by atoms with Crippen molar-refractivity contribution in [2.75, 3.05) is 19.0 Å². The molecule has 1 fully saturated rings. The molecule has 3 aromatic rings. The number of anilines is 1. The maximum absolute atomic E-state index is 14.0. The molecule has 3 aromatic carbocycles. The summed E-state index contributed by atoms with van der Waals surface area (Å²) in [5, 5.41) is 13.1. The number of allylic oxidation sites excluding steroid dienone is 2. The number of aliphatic hydroxyl groups excluding tert-OH is 1. The summed E-state index contributed by atoms with van der Waals surface area (Å²) in [5.74, 6) is -2.30. The molecule has 2 aliphatic rings. The van der Waals surface area contributed by atoms with Gasteiger partial charge < -0.3 is 28.8 Å². The Bertz CT molecular complexity index is 1530. The molecular weight excluding hydrogens is 614 g/mol. The lowest BCUT2D eigenvalue weighted by atomic mass is 9.92. The highest BCUT2D eigenvalue weighted by molar-refractivity contribution is 5.85. The third-order valence-electron chi connectivity index (χ3n) is 8.66. The molecule has 0 radical (unpaired) electrons. The fraction of sp³-hybridized carbons (Fsp3) is 0.395. The second kappa shape index (κ2) is 17.1. The average molecular weight is 658 g/mol. The van der Waals surface area contributed by atoms with Gasteiger partial charge in [0.15, 0.2) is 24.6 Å². The zero-order valence-corrected chi connectivity index (χ0v) is 27.2. The Labute approximate surface area is 281 Å². The van der Waals surface area contributed by atoms with Crippen LogP contribution in [0.3, 0.4) is 0 Å². The molecule has 2 N–H and O–H groups in total. The van der Waals surface area contributed by atoms with Gasteiger partial charge in [0.2, 0.25) is 0 Å². The van der Waals surface area contributed by atoms with E-state index in [2.05, 4.69) is 5.32 Å². The SMILES string of the molecule is CCc1cccc(NC(=O)O[C@H]2[C@@H]3OC(=O)[C@H](Cc4ccccc4)C/C=C/C[C@@H](Cc4ccccc4)C(=O)O[C@H]3[C@@H](OC)O[C@@H]2CO)c1. The van der Waals surface area contributed by atoms with E-state index < -0.39 is 67.2 Å². The maximum atomic E-state index is 14.0. The van der Waals surface area contributed by atoms with E-state index in [4.69, 9.17) is 23.7 Å². The van der Waals surface area contributed by atoms with Crippen molar-refractivity contribution in [1.29, 1.82) is 0 Å². The highest BCUT2D eigenvalue weighted by atomic mass is 16.7. The van der Waals surface area contributed by atoms with Crippen LogP contribution >= 0.6 is 0 Å². The van der Waals surface area contributed by atoms with Crippen molar-refractivity contribution in [3.63, 3.8) is 0 Å². The van der Waals surface area contributed by atoms with E-state index in [1.807, 2.05) is 97.9 Å². The molecule has 7 atom stereocenters. The van der Waals surface area contributed by atoms with E-state index >= 15 is 0 Å². The minimum atomic E-state index is -1.36. The smallest absolute Gasteiger partial charge is 0.412 e. The second-order valence-corrected chi connectivity index (χ2v) is 12.0. The molecule has 0 bridgehead atoms. The zero-order chi connectivity index (χ0) is 33.9. The molecule has 0 unspecified atom stereocenters. The normalized spacial score (nSPS) is 26.9. The van der Waals surface area contributed by atoms with Crippen molar-refractivity contribution in [1.82, 2.24) is 0 Å². The molecule has 10 heteroatoms. The number of nitrogens with one attached hydrogen (secondary N) is 1. The summed E-state index contributed by atoms with van der Waals surface area (Å²) in [7, 11) is 1.36. The first-order chi connectivity index (χ1) is 23.4. The van der Waals surface area contributed by atoms with Crippen molar-refractivity contribution in [2.24, 2.45) is 11.8 Å². The largest absolute Gasteiger partial charge is 0.454 e. The predicted octanol–water partition coefficient (Wildman–Crippen LogP) is 5.42. The van der Waals surface area contributed by atoms with Crippen LogP contribution in [0.4, 0.5) is 10.5 Å². The highest BCUT2D eigenvalue weighted by Crippen LogP contribution is 2.32. The molecule has 254 valence electrons. The molecule has 0 aromatic heterocycles. The summed E-state index contributed by atoms with van der Waals surface area (Å²) >= 11 is 0. The van der Waals surface area contributed by atoms with Crippen LogP contribution in [0.5, 0.6) is 0 Å². The fourth-order valence-corrected chi connectivity index (χ4v) is 6.06. The Morgan fingerprint density at radius 1 is 0.812 bits per heavy atom. The number of amides is 1. The van der Waals surface area contributed by atoms with Gasteiger partial charge in [0.25, 0.3) is 0 Å². The van der Waals surface area contributed by atoms with Crippen LogP contribution in [0.2, 0.25) is 0 Å². The number of benzene rings is 3. The molecule has 0 saturated carbocycles. The summed E-state index contributed by atoms with van der Waals surface area (Å²) in [6, 6.07) is 26.5. The summed E-state index contributed by atoms with van der Waals surface area (Å²) in [6.45, 7) is 1.41. The Hall–Kier alpha value is -4.51. The number of hydrogen-bond acceptors (Lipinski definition) is 9. The van der Waals surface area contributed by atoms with E-state index in [1.54, 1.807) is 6.07 Å². The van der Waals surface area contributed by atoms with Gasteiger partial charge in [0, 0.05) is 12.8 Å². The minimum absolute atomic E-state index is 0.353. The van der Waals surface area contributed by atoms with Gasteiger partial charge in [0.1, 0.15) is 6.10 Å². The van der Waals surface area contributed by atoms with Crippen molar-refractivity contribution >= 4 is 23.7 Å². The van der Waals surface area contributed by atoms with Gasteiger partial charge in [-0.1, -0.05) is 91.9 Å². The van der Waals surface area contributed by atoms with E-state index in [0.717, 1.165) is 23.1 Å². The molecule has 0 spiro atoms. The fourth-order valence-electron chi connectivity index (χ4n) is 6.06. The quantitative estimate of drug-likeness (QED) is 0.176. The lowest BCUT2D eigenvalue weighted by Crippen LogP contribution is -2.63. The van der Waals surface area contributed by atoms with Gasteiger partial charge in [-0.3, -0.25) is 14.9 Å². The molecule has 48 heavy (non-hydrogen) atoms. The number of carbonyl (C=O) groups is 3. The number of esters is 2. The number of fused-ring (bicyclic) bond motifs is 1. The summed E-state index contributed by atoms with van der Waals surface area (Å²) in [5.41, 5.74) is 3.41. The van der Waals surface area contributed by atoms with Crippen molar-refractivity contribution in [2.45, 2.75) is 69.7 Å². The van der Waals surface area contributed by atoms with Crippen LogP contribution in [0.1, 0.15) is 36.5 Å². The number of aliphatic hydroxyl groups is 1. The standard InChI is InChI=1S/C38H43NO9/c1-3-25-17-12-20-30(23-25)39-38(43)48-32-31(24-40)45-37(44-2)34-33(32)46-35(41)28(21-26-13-6-4-7-14-26)18-10-11-19-29(36(42)47-34)22-27-15-8-5-9-16-27/h4-17,20,23,28-29,31-34,37,40H,3,18-19,21-22,24H2,1-2H3,(H,39,43)/b11-10+/t28-,29-,31+,32+,33-,34+,37-/m0/s1. The van der Waals surface area contributed by atoms with Gasteiger partial charge in [-0.25, -0.2) is 4.79 Å². The number of hydrogen-bond donors (Lipinski definition) is 2. The lowest BCUT2D eigenvalue weighted by molar-refractivity contribution is -0.300. The van der Waals surface area contributed by atoms with Gasteiger partial charge in [0.05, 0.1) is 18.4 Å². The second-order valence-electron chi connectivity index (χ2n) is 12.0. The van der Waals surface area contributed by atoms with Crippen LogP contribution in [0, 0.1) is 11.8 Å². The van der Waals surface area contributed by atoms with E-state index in [1.165, 1.54) is 7.11 Å². The molecule has 2 heterocycles. The molecule has 5 rings (SSSR count). The third-order valence-corrected chi connectivity index (χ3v) is 8.66. The Kier molecular flexibility index (Phi) is 12.4. The number of carbonyl (C=O) groups excluding carboxylic acids is 3. The summed E-state index contributed by atoms with van der Waals surface area (Å²) < 4.78 is 29.6. The Balaban J connectivity index is 1.49. The van der Waals surface area contributed by atoms with E-state index in [0.29, 0.717) is 31.4 Å². The van der Waals surface area contributed by atoms with Crippen LogP contribution in [-0.2, 0) is 52.5 Å². The predicted molar refractivity (Wildman–Crippen MR) is 178 cm³/mol. The van der Waals surface area contributed by atoms with Crippen LogP contribution in [-0.4, -0.2) is 67.6 Å². The van der Waals surface area contributed by atoms with Crippen molar-refractivity contribution in [3.8, 4) is 0 Å². The molecule has 1 amide bonds. The minimum Gasteiger partial charge on any atom is -0.454 e. The summed E-state index contributed by atoms with van der Waals surface area (Å²) in [4.78, 5) is 41.1. The first-order valence-corrected chi connectivity index (χ1v) is 16.4. The van der Waals surface area contributed by atoms with E-state index in [9.17, 15) is 19.5 Å². The van der Waals surface area contributed by atoms with Crippen LogP contribution < -0.4 is 5.32 Å². The average Bonchev–Trinajstić information content (AvgIpc) is 3.10. The maximum Gasteiger partial charge on any atom is 0.412 e. The number of aryl methyl sites for hydroxylation is 1. The highest BCUT2D eigenvalue weighted by Gasteiger charge is 2.53. The molecule has 2 aliphatic heterocycles. The monoisotopic (exact) mass is 657 g/mol. The third kappa shape index (κ3) is 9.09. The number of methoxy groups -OCH3 is 1. The Morgan fingerprint density at radius 3 is 1.92 bits per heavy atom. The zero-order valence-electron chi connectivity index (χ0n) is 27.2. The van der Waals surface area contributed by atoms with Gasteiger partial charge in [-0.05, 0) is 60.9 Å². The number of ether oxygens (including phenoxy) is 5. The van der Waals surface area contributed by atoms with Crippen LogP contribution in [0.25, 0.3) is 0 Å². The first kappa shape index (κ1) is 34.8. The van der Waals surface area contributed by atoms with Gasteiger partial charge >= 0.3 is 18.0 Å². The molecule has 10 nitrogen and oxygen atoms in total. The molecule has 1 saturated heterocycles. The summed E-state index contributed by atoms with van der Waals surface area (Å²) in [6.07, 6.45) is -1.17. The first-order valence-electron chi connectivity index (χ1n) is 16.4. The van der Waals surface area contributed by atoms with Gasteiger partial charge in [-0.2, -0.15) is 0 Å². The lowest BCUT2D eigenvalue weighted by Gasteiger charge is -2.44.